The molecule has 1 amide bonds. The van der Waals surface area contributed by atoms with E-state index in [1.807, 2.05) is 42.5 Å². The summed E-state index contributed by atoms with van der Waals surface area (Å²) < 4.78 is 10.6. The minimum atomic E-state index is -0.546. The van der Waals surface area contributed by atoms with Crippen LogP contribution in [0.2, 0.25) is 0 Å². The van der Waals surface area contributed by atoms with Crippen LogP contribution in [-0.2, 0) is 11.3 Å². The monoisotopic (exact) mass is 350 g/mol. The Kier molecular flexibility index (Phi) is 3.88. The Bertz CT molecular complexity index is 1020. The Labute approximate surface area is 150 Å². The highest BCUT2D eigenvalue weighted by Crippen LogP contribution is 2.32. The normalized spacial score (nSPS) is 12.4. The zero-order valence-corrected chi connectivity index (χ0v) is 14.5. The number of benzene rings is 2. The molecule has 0 saturated heterocycles. The summed E-state index contributed by atoms with van der Waals surface area (Å²) in [6, 6.07) is 13.0. The van der Waals surface area contributed by atoms with Crippen molar-refractivity contribution >= 4 is 22.6 Å². The molecular formula is C20H18N2O4. The quantitative estimate of drug-likeness (QED) is 0.580. The van der Waals surface area contributed by atoms with E-state index in [0.29, 0.717) is 29.3 Å². The molecule has 132 valence electrons. The molecule has 1 aliphatic heterocycles. The maximum atomic E-state index is 12.8. The minimum absolute atomic E-state index is 0.200. The molecule has 0 saturated carbocycles. The molecule has 0 atom stereocenters. The first-order chi connectivity index (χ1) is 12.5. The number of nitrogens with zero attached hydrogens (tertiary/aromatic N) is 1. The molecule has 0 radical (unpaired) electrons. The van der Waals surface area contributed by atoms with Crippen molar-refractivity contribution in [2.45, 2.75) is 13.5 Å². The van der Waals surface area contributed by atoms with Crippen LogP contribution in [-0.4, -0.2) is 35.4 Å². The Morgan fingerprint density at radius 2 is 1.88 bits per heavy atom. The summed E-state index contributed by atoms with van der Waals surface area (Å²) in [7, 11) is 1.62. The third kappa shape index (κ3) is 2.69. The van der Waals surface area contributed by atoms with Crippen LogP contribution in [0.5, 0.6) is 11.5 Å². The Morgan fingerprint density at radius 1 is 1.12 bits per heavy atom. The Hall–Kier alpha value is -3.28. The molecule has 0 bridgehead atoms. The number of aromatic nitrogens is 1. The second kappa shape index (κ2) is 6.22. The molecule has 4 rings (SSSR count). The van der Waals surface area contributed by atoms with Gasteiger partial charge in [0.1, 0.15) is 0 Å². The summed E-state index contributed by atoms with van der Waals surface area (Å²) in [5, 5.41) is 0.764. The second-order valence-electron chi connectivity index (χ2n) is 6.35. The predicted octanol–water partition coefficient (Wildman–Crippen LogP) is 3.05. The number of H-pyrrole nitrogens is 1. The number of likely N-dealkylation sites (N-methyl/N-ethyl adjacent to an activating group) is 1. The Balaban J connectivity index is 1.56. The zero-order valence-electron chi connectivity index (χ0n) is 14.5. The first kappa shape index (κ1) is 16.2. The van der Waals surface area contributed by atoms with E-state index in [9.17, 15) is 9.59 Å². The lowest BCUT2D eigenvalue weighted by molar-refractivity contribution is -0.125. The van der Waals surface area contributed by atoms with Gasteiger partial charge in [0.05, 0.1) is 5.56 Å². The number of fused-ring (bicyclic) bond motifs is 2. The van der Waals surface area contributed by atoms with Crippen LogP contribution in [0.4, 0.5) is 0 Å². The maximum Gasteiger partial charge on any atom is 0.295 e. The number of carbonyl (C=O) groups excluding carboxylic acids is 2. The SMILES string of the molecule is Cc1[nH]c2ccccc2c1C(=O)C(=O)N(C)Cc1ccc2c(c1)OCO2. The Morgan fingerprint density at radius 3 is 2.73 bits per heavy atom. The molecule has 2 aromatic carbocycles. The van der Waals surface area contributed by atoms with Crippen LogP contribution in [0.1, 0.15) is 21.6 Å². The van der Waals surface area contributed by atoms with E-state index in [1.54, 1.807) is 14.0 Å². The van der Waals surface area contributed by atoms with Crippen LogP contribution in [0.15, 0.2) is 42.5 Å². The topological polar surface area (TPSA) is 71.6 Å². The summed E-state index contributed by atoms with van der Waals surface area (Å²) >= 11 is 0. The molecule has 6 nitrogen and oxygen atoms in total. The van der Waals surface area contributed by atoms with E-state index in [1.165, 1.54) is 4.90 Å². The van der Waals surface area contributed by atoms with Gasteiger partial charge in [-0.05, 0) is 30.7 Å². The minimum Gasteiger partial charge on any atom is -0.454 e. The van der Waals surface area contributed by atoms with Gasteiger partial charge in [-0.1, -0.05) is 24.3 Å². The van der Waals surface area contributed by atoms with Gasteiger partial charge in [0.2, 0.25) is 6.79 Å². The number of para-hydroxylation sites is 1. The molecule has 0 fully saturated rings. The molecule has 0 spiro atoms. The van der Waals surface area contributed by atoms with E-state index >= 15 is 0 Å². The molecule has 26 heavy (non-hydrogen) atoms. The molecule has 1 N–H and O–H groups in total. The van der Waals surface area contributed by atoms with Gasteiger partial charge in [0, 0.05) is 30.2 Å². The largest absolute Gasteiger partial charge is 0.454 e. The van der Waals surface area contributed by atoms with Crippen molar-refractivity contribution in [2.75, 3.05) is 13.8 Å². The number of hydrogen-bond donors (Lipinski definition) is 1. The van der Waals surface area contributed by atoms with Crippen molar-refractivity contribution in [3.05, 3.63) is 59.3 Å². The van der Waals surface area contributed by atoms with E-state index in [0.717, 1.165) is 16.5 Å². The van der Waals surface area contributed by atoms with Gasteiger partial charge in [-0.15, -0.1) is 0 Å². The van der Waals surface area contributed by atoms with Crippen LogP contribution in [0.3, 0.4) is 0 Å². The molecule has 1 aromatic heterocycles. The van der Waals surface area contributed by atoms with E-state index in [4.69, 9.17) is 9.47 Å². The number of nitrogens with one attached hydrogen (secondary N) is 1. The number of Topliss-reactive ketones (excluding diaryl/α,β-unsaturated/α-hetero) is 1. The van der Waals surface area contributed by atoms with Gasteiger partial charge in [0.15, 0.2) is 11.5 Å². The highest BCUT2D eigenvalue weighted by Gasteiger charge is 2.26. The van der Waals surface area contributed by atoms with Crippen LogP contribution < -0.4 is 9.47 Å². The summed E-state index contributed by atoms with van der Waals surface area (Å²) in [6.07, 6.45) is 0. The number of carbonyl (C=O) groups is 2. The molecule has 3 aromatic rings. The standard InChI is InChI=1S/C20H18N2O4/c1-12-18(14-5-3-4-6-15(14)21-12)19(23)20(24)22(2)10-13-7-8-16-17(9-13)26-11-25-16/h3-9,21H,10-11H2,1-2H3. The van der Waals surface area contributed by atoms with Crippen molar-refractivity contribution in [3.63, 3.8) is 0 Å². The van der Waals surface area contributed by atoms with Crippen LogP contribution >= 0.6 is 0 Å². The smallest absolute Gasteiger partial charge is 0.295 e. The molecule has 0 aliphatic carbocycles. The van der Waals surface area contributed by atoms with Crippen molar-refractivity contribution < 1.29 is 19.1 Å². The summed E-state index contributed by atoms with van der Waals surface area (Å²) in [5.74, 6) is 0.286. The first-order valence-corrected chi connectivity index (χ1v) is 8.30. The summed E-state index contributed by atoms with van der Waals surface area (Å²) in [5.41, 5.74) is 2.84. The van der Waals surface area contributed by atoms with Crippen LogP contribution in [0, 0.1) is 6.92 Å². The van der Waals surface area contributed by atoms with Gasteiger partial charge in [-0.3, -0.25) is 9.59 Å². The summed E-state index contributed by atoms with van der Waals surface area (Å²) in [4.78, 5) is 30.1. The number of hydrogen-bond acceptors (Lipinski definition) is 4. The molecule has 6 heteroatoms. The van der Waals surface area contributed by atoms with E-state index in [-0.39, 0.29) is 6.79 Å². The average Bonchev–Trinajstić information content (AvgIpc) is 3.23. The third-order valence-electron chi connectivity index (χ3n) is 4.52. The number of amides is 1. The lowest BCUT2D eigenvalue weighted by Gasteiger charge is -2.16. The lowest BCUT2D eigenvalue weighted by Crippen LogP contribution is -2.33. The predicted molar refractivity (Wildman–Crippen MR) is 96.4 cm³/mol. The van der Waals surface area contributed by atoms with Crippen molar-refractivity contribution in [2.24, 2.45) is 0 Å². The van der Waals surface area contributed by atoms with Gasteiger partial charge in [-0.25, -0.2) is 0 Å². The number of rotatable bonds is 4. The van der Waals surface area contributed by atoms with Gasteiger partial charge >= 0.3 is 0 Å². The highest BCUT2D eigenvalue weighted by atomic mass is 16.7. The fraction of sp³-hybridized carbons (Fsp3) is 0.200. The molecule has 1 aliphatic rings. The number of aryl methyl sites for hydroxylation is 1. The maximum absolute atomic E-state index is 12.8. The number of aromatic amines is 1. The molecule has 2 heterocycles. The van der Waals surface area contributed by atoms with Crippen LogP contribution in [0.25, 0.3) is 10.9 Å². The van der Waals surface area contributed by atoms with Gasteiger partial charge in [0.25, 0.3) is 11.7 Å². The lowest BCUT2D eigenvalue weighted by atomic mass is 10.1. The van der Waals surface area contributed by atoms with Gasteiger partial charge < -0.3 is 19.4 Å². The highest BCUT2D eigenvalue weighted by molar-refractivity contribution is 6.45. The summed E-state index contributed by atoms with van der Waals surface area (Å²) in [6.45, 7) is 2.31. The molecular weight excluding hydrogens is 332 g/mol. The van der Waals surface area contributed by atoms with Gasteiger partial charge in [-0.2, -0.15) is 0 Å². The van der Waals surface area contributed by atoms with Crippen molar-refractivity contribution in [1.82, 2.24) is 9.88 Å². The third-order valence-corrected chi connectivity index (χ3v) is 4.52. The van der Waals surface area contributed by atoms with E-state index < -0.39 is 11.7 Å². The first-order valence-electron chi connectivity index (χ1n) is 8.30. The fourth-order valence-electron chi connectivity index (χ4n) is 3.23. The van der Waals surface area contributed by atoms with Crippen molar-refractivity contribution in [3.8, 4) is 11.5 Å². The molecule has 0 unspecified atom stereocenters. The number of ketones is 1. The zero-order chi connectivity index (χ0) is 18.3. The fourth-order valence-corrected chi connectivity index (χ4v) is 3.23. The van der Waals surface area contributed by atoms with E-state index in [2.05, 4.69) is 4.98 Å². The number of ether oxygens (including phenoxy) is 2. The second-order valence-corrected chi connectivity index (χ2v) is 6.35. The average molecular weight is 350 g/mol. The van der Waals surface area contributed by atoms with Crippen molar-refractivity contribution in [1.29, 1.82) is 0 Å².